The second-order valence-corrected chi connectivity index (χ2v) is 7.15. The van der Waals surface area contributed by atoms with Crippen LogP contribution in [0.4, 0.5) is 11.6 Å². The molecule has 3 aromatic rings. The van der Waals surface area contributed by atoms with Crippen LogP contribution in [0.2, 0.25) is 5.02 Å². The van der Waals surface area contributed by atoms with Crippen molar-refractivity contribution in [3.05, 3.63) is 58.6 Å². The molecule has 3 rings (SSSR count). The van der Waals surface area contributed by atoms with Crippen molar-refractivity contribution >= 4 is 29.0 Å². The van der Waals surface area contributed by atoms with Crippen molar-refractivity contribution < 1.29 is 9.53 Å². The van der Waals surface area contributed by atoms with Gasteiger partial charge in [0.15, 0.2) is 5.78 Å². The fraction of sp³-hybridized carbons (Fsp3) is 0.333. The molecule has 0 atom stereocenters. The SMILES string of the molecule is CCCC(=O)c1cc(CCc2cnc(Nc3cnn(C)c3)nc2)c(Cl)c(OC)c1. The second kappa shape index (κ2) is 9.52. The highest BCUT2D eigenvalue weighted by Crippen LogP contribution is 2.31. The first-order chi connectivity index (χ1) is 14.0. The van der Waals surface area contributed by atoms with E-state index in [1.54, 1.807) is 36.4 Å². The third-order valence-corrected chi connectivity index (χ3v) is 4.91. The average Bonchev–Trinajstić information content (AvgIpc) is 3.13. The number of nitrogens with one attached hydrogen (secondary N) is 1. The molecule has 0 aliphatic rings. The number of methoxy groups -OCH3 is 1. The summed E-state index contributed by atoms with van der Waals surface area (Å²) in [5.41, 5.74) is 3.31. The summed E-state index contributed by atoms with van der Waals surface area (Å²) in [6.07, 6.45) is 9.77. The lowest BCUT2D eigenvalue weighted by atomic mass is 10.00. The van der Waals surface area contributed by atoms with Crippen molar-refractivity contribution in [1.82, 2.24) is 19.7 Å². The number of benzene rings is 1. The molecule has 0 radical (unpaired) electrons. The predicted octanol–water partition coefficient (Wildman–Crippen LogP) is 4.38. The summed E-state index contributed by atoms with van der Waals surface area (Å²) in [5, 5.41) is 7.74. The molecular weight excluding hydrogens is 390 g/mol. The van der Waals surface area contributed by atoms with Crippen molar-refractivity contribution in [2.45, 2.75) is 32.6 Å². The Hall–Kier alpha value is -2.93. The number of Topliss-reactive ketones (excluding diaryl/α,β-unsaturated/α-hetero) is 1. The molecule has 152 valence electrons. The smallest absolute Gasteiger partial charge is 0.227 e. The zero-order chi connectivity index (χ0) is 20.8. The van der Waals surface area contributed by atoms with Gasteiger partial charge >= 0.3 is 0 Å². The number of carbonyl (C=O) groups excluding carboxylic acids is 1. The van der Waals surface area contributed by atoms with Crippen molar-refractivity contribution in [3.63, 3.8) is 0 Å². The zero-order valence-corrected chi connectivity index (χ0v) is 17.5. The Bertz CT molecular complexity index is 985. The number of carbonyl (C=O) groups is 1. The Balaban J connectivity index is 1.70. The maximum absolute atomic E-state index is 12.3. The van der Waals surface area contributed by atoms with Gasteiger partial charge in [-0.1, -0.05) is 18.5 Å². The van der Waals surface area contributed by atoms with Crippen LogP contribution in [0.3, 0.4) is 0 Å². The third kappa shape index (κ3) is 5.32. The Morgan fingerprint density at radius 3 is 2.59 bits per heavy atom. The highest BCUT2D eigenvalue weighted by atomic mass is 35.5. The number of ether oxygens (including phenoxy) is 1. The molecule has 2 heterocycles. The molecule has 0 spiro atoms. The third-order valence-electron chi connectivity index (χ3n) is 4.48. The Morgan fingerprint density at radius 1 is 1.21 bits per heavy atom. The normalized spacial score (nSPS) is 10.8. The van der Waals surface area contributed by atoms with Crippen molar-refractivity contribution in [2.24, 2.45) is 7.05 Å². The molecule has 0 saturated heterocycles. The van der Waals surface area contributed by atoms with Gasteiger partial charge in [0.1, 0.15) is 5.75 Å². The van der Waals surface area contributed by atoms with Crippen LogP contribution in [0.25, 0.3) is 0 Å². The van der Waals surface area contributed by atoms with Gasteiger partial charge in [-0.05, 0) is 42.5 Å². The van der Waals surface area contributed by atoms with Gasteiger partial charge < -0.3 is 10.1 Å². The lowest BCUT2D eigenvalue weighted by molar-refractivity contribution is 0.0981. The lowest BCUT2D eigenvalue weighted by Gasteiger charge is -2.12. The Morgan fingerprint density at radius 2 is 1.97 bits per heavy atom. The Labute approximate surface area is 175 Å². The van der Waals surface area contributed by atoms with Gasteiger partial charge in [-0.25, -0.2) is 9.97 Å². The summed E-state index contributed by atoms with van der Waals surface area (Å²) in [6, 6.07) is 3.58. The molecule has 1 aromatic carbocycles. The highest BCUT2D eigenvalue weighted by molar-refractivity contribution is 6.33. The van der Waals surface area contributed by atoms with E-state index >= 15 is 0 Å². The van der Waals surface area contributed by atoms with Crippen LogP contribution in [-0.2, 0) is 19.9 Å². The number of aromatic nitrogens is 4. The fourth-order valence-corrected chi connectivity index (χ4v) is 3.24. The molecule has 0 unspecified atom stereocenters. The monoisotopic (exact) mass is 413 g/mol. The number of rotatable bonds is 9. The summed E-state index contributed by atoms with van der Waals surface area (Å²) in [4.78, 5) is 21.0. The van der Waals surface area contributed by atoms with Crippen LogP contribution >= 0.6 is 11.6 Å². The summed E-state index contributed by atoms with van der Waals surface area (Å²) in [6.45, 7) is 1.98. The molecule has 2 aromatic heterocycles. The van der Waals surface area contributed by atoms with Gasteiger partial charge in [-0.15, -0.1) is 0 Å². The van der Waals surface area contributed by atoms with E-state index in [0.29, 0.717) is 41.5 Å². The first-order valence-corrected chi connectivity index (χ1v) is 9.84. The van der Waals surface area contributed by atoms with E-state index in [1.807, 2.05) is 26.2 Å². The number of aryl methyl sites for hydroxylation is 3. The van der Waals surface area contributed by atoms with Crippen LogP contribution in [0, 0.1) is 0 Å². The number of hydrogen-bond donors (Lipinski definition) is 1. The minimum Gasteiger partial charge on any atom is -0.495 e. The predicted molar refractivity (Wildman–Crippen MR) is 113 cm³/mol. The zero-order valence-electron chi connectivity index (χ0n) is 16.8. The molecule has 8 heteroatoms. The van der Waals surface area contributed by atoms with E-state index in [2.05, 4.69) is 20.4 Å². The quantitative estimate of drug-likeness (QED) is 0.524. The van der Waals surface area contributed by atoms with Crippen LogP contribution < -0.4 is 10.1 Å². The van der Waals surface area contributed by atoms with E-state index in [4.69, 9.17) is 16.3 Å². The second-order valence-electron chi connectivity index (χ2n) is 6.77. The number of ketones is 1. The molecule has 1 N–H and O–H groups in total. The first kappa shape index (κ1) is 20.8. The maximum Gasteiger partial charge on any atom is 0.227 e. The molecule has 7 nitrogen and oxygen atoms in total. The first-order valence-electron chi connectivity index (χ1n) is 9.46. The number of nitrogens with zero attached hydrogens (tertiary/aromatic N) is 4. The van der Waals surface area contributed by atoms with Gasteiger partial charge in [-0.2, -0.15) is 5.10 Å². The standard InChI is InChI=1S/C21H24ClN5O2/c1-4-5-18(28)16-8-15(20(22)19(9-16)29-3)7-6-14-10-23-21(24-11-14)26-17-12-25-27(2)13-17/h8-13H,4-7H2,1-3H3,(H,23,24,26). The topological polar surface area (TPSA) is 81.9 Å². The largest absolute Gasteiger partial charge is 0.495 e. The van der Waals surface area contributed by atoms with E-state index in [9.17, 15) is 4.79 Å². The van der Waals surface area contributed by atoms with Crippen LogP contribution in [-0.4, -0.2) is 32.6 Å². The average molecular weight is 414 g/mol. The summed E-state index contributed by atoms with van der Waals surface area (Å²) >= 11 is 6.46. The van der Waals surface area contributed by atoms with Crippen molar-refractivity contribution in [2.75, 3.05) is 12.4 Å². The Kier molecular flexibility index (Phi) is 6.82. The van der Waals surface area contributed by atoms with Crippen LogP contribution in [0.15, 0.2) is 36.9 Å². The summed E-state index contributed by atoms with van der Waals surface area (Å²) < 4.78 is 7.06. The minimum absolute atomic E-state index is 0.0953. The van der Waals surface area contributed by atoms with Gasteiger partial charge in [-0.3, -0.25) is 9.48 Å². The summed E-state index contributed by atoms with van der Waals surface area (Å²) in [5.74, 6) is 1.13. The van der Waals surface area contributed by atoms with E-state index in [-0.39, 0.29) is 5.78 Å². The van der Waals surface area contributed by atoms with E-state index in [0.717, 1.165) is 23.2 Å². The van der Waals surface area contributed by atoms with E-state index in [1.165, 1.54) is 0 Å². The van der Waals surface area contributed by atoms with Crippen molar-refractivity contribution in [3.8, 4) is 5.75 Å². The molecule has 0 bridgehead atoms. The molecule has 0 aliphatic heterocycles. The molecule has 0 saturated carbocycles. The van der Waals surface area contributed by atoms with Gasteiger partial charge in [0, 0.05) is 37.6 Å². The number of anilines is 2. The fourth-order valence-electron chi connectivity index (χ4n) is 2.96. The molecule has 29 heavy (non-hydrogen) atoms. The van der Waals surface area contributed by atoms with Crippen LogP contribution in [0.1, 0.15) is 41.3 Å². The number of hydrogen-bond acceptors (Lipinski definition) is 6. The highest BCUT2D eigenvalue weighted by Gasteiger charge is 2.14. The van der Waals surface area contributed by atoms with Gasteiger partial charge in [0.05, 0.1) is 24.0 Å². The summed E-state index contributed by atoms with van der Waals surface area (Å²) in [7, 11) is 3.40. The maximum atomic E-state index is 12.3. The van der Waals surface area contributed by atoms with Crippen LogP contribution in [0.5, 0.6) is 5.75 Å². The van der Waals surface area contributed by atoms with E-state index < -0.39 is 0 Å². The molecule has 0 aliphatic carbocycles. The van der Waals surface area contributed by atoms with Gasteiger partial charge in [0.2, 0.25) is 5.95 Å². The number of halogens is 1. The minimum atomic E-state index is 0.0953. The molecular formula is C21H24ClN5O2. The molecule has 0 fully saturated rings. The van der Waals surface area contributed by atoms with Gasteiger partial charge in [0.25, 0.3) is 0 Å². The molecule has 0 amide bonds. The van der Waals surface area contributed by atoms with Crippen molar-refractivity contribution in [1.29, 1.82) is 0 Å². The lowest BCUT2D eigenvalue weighted by Crippen LogP contribution is -2.03.